The van der Waals surface area contributed by atoms with Crippen LogP contribution >= 0.6 is 0 Å². The molecule has 0 radical (unpaired) electrons. The smallest absolute Gasteiger partial charge is 0.317 e. The van der Waals surface area contributed by atoms with Gasteiger partial charge in [-0.05, 0) is 0 Å². The molecule has 3 amide bonds. The zero-order valence-electron chi connectivity index (χ0n) is 12.4. The van der Waals surface area contributed by atoms with Gasteiger partial charge in [-0.1, -0.05) is 30.3 Å². The predicted octanol–water partition coefficient (Wildman–Crippen LogP) is 0.597. The maximum Gasteiger partial charge on any atom is 0.317 e. The molecular weight excluding hydrogens is 284 g/mol. The number of carbonyl (C=O) groups excluding carboxylic acids is 2. The Morgan fingerprint density at radius 3 is 2.55 bits per heavy atom. The first kappa shape index (κ1) is 14.4. The quantitative estimate of drug-likeness (QED) is 0.824. The van der Waals surface area contributed by atoms with E-state index in [2.05, 4.69) is 10.3 Å². The fourth-order valence-corrected chi connectivity index (χ4v) is 2.58. The molecule has 3 rings (SSSR count). The first-order valence-corrected chi connectivity index (χ1v) is 7.25. The molecule has 1 fully saturated rings. The van der Waals surface area contributed by atoms with Crippen LogP contribution in [0.3, 0.4) is 0 Å². The van der Waals surface area contributed by atoms with Gasteiger partial charge in [0.2, 0.25) is 6.10 Å². The molecule has 0 aliphatic carbocycles. The maximum atomic E-state index is 12.0. The molecule has 1 aromatic carbocycles. The van der Waals surface area contributed by atoms with E-state index in [1.807, 2.05) is 35.2 Å². The number of urea groups is 1. The lowest BCUT2D eigenvalue weighted by molar-refractivity contribution is -0.123. The van der Waals surface area contributed by atoms with E-state index in [-0.39, 0.29) is 11.9 Å². The number of amides is 3. The van der Waals surface area contributed by atoms with Crippen molar-refractivity contribution in [1.29, 1.82) is 0 Å². The first-order chi connectivity index (χ1) is 10.7. The lowest BCUT2D eigenvalue weighted by Gasteiger charge is -2.34. The summed E-state index contributed by atoms with van der Waals surface area (Å²) in [5, 5.41) is 2.61. The molecule has 0 saturated carbocycles. The Balaban J connectivity index is 1.62. The minimum absolute atomic E-state index is 0.0906. The summed E-state index contributed by atoms with van der Waals surface area (Å²) in [6.45, 7) is 2.35. The summed E-state index contributed by atoms with van der Waals surface area (Å²) in [6, 6.07) is 9.60. The van der Waals surface area contributed by atoms with Gasteiger partial charge in [0.15, 0.2) is 0 Å². The summed E-state index contributed by atoms with van der Waals surface area (Å²) in [4.78, 5) is 31.2. The number of nitrogens with one attached hydrogen (secondary N) is 1. The van der Waals surface area contributed by atoms with E-state index in [0.29, 0.717) is 32.2 Å². The van der Waals surface area contributed by atoms with Crippen molar-refractivity contribution in [2.75, 3.05) is 33.2 Å². The van der Waals surface area contributed by atoms with Crippen LogP contribution < -0.4 is 5.32 Å². The number of ether oxygens (including phenoxy) is 1. The lowest BCUT2D eigenvalue weighted by Crippen LogP contribution is -2.52. The molecule has 1 atom stereocenters. The third-order valence-corrected chi connectivity index (χ3v) is 3.81. The van der Waals surface area contributed by atoms with Crippen molar-refractivity contribution in [3.8, 4) is 0 Å². The summed E-state index contributed by atoms with van der Waals surface area (Å²) < 4.78 is 5.73. The van der Waals surface area contributed by atoms with Gasteiger partial charge in [-0.25, -0.2) is 4.79 Å². The Hall–Kier alpha value is -2.57. The molecule has 1 aromatic rings. The molecule has 0 spiro atoms. The van der Waals surface area contributed by atoms with E-state index in [9.17, 15) is 9.59 Å². The van der Waals surface area contributed by atoms with Gasteiger partial charge in [0, 0.05) is 38.8 Å². The van der Waals surface area contributed by atoms with Crippen LogP contribution in [0.5, 0.6) is 0 Å². The largest absolute Gasteiger partial charge is 0.446 e. The van der Waals surface area contributed by atoms with Gasteiger partial charge in [0.05, 0.1) is 0 Å². The van der Waals surface area contributed by atoms with E-state index >= 15 is 0 Å². The number of hydrogen-bond acceptors (Lipinski definition) is 4. The van der Waals surface area contributed by atoms with Crippen LogP contribution in [0, 0.1) is 0 Å². The molecular formula is C15H18N4O3. The number of hydrogen-bond donors (Lipinski definition) is 1. The number of amidine groups is 1. The first-order valence-electron chi connectivity index (χ1n) is 7.25. The number of rotatable bonds is 1. The molecule has 1 N–H and O–H groups in total. The molecule has 1 unspecified atom stereocenters. The SMILES string of the molecule is CNC(=O)N1CCN(C2=NC(=O)C(c3ccccc3)O2)CC1. The third-order valence-electron chi connectivity index (χ3n) is 3.81. The Morgan fingerprint density at radius 2 is 1.91 bits per heavy atom. The van der Waals surface area contributed by atoms with E-state index in [1.54, 1.807) is 11.9 Å². The number of carbonyl (C=O) groups is 2. The van der Waals surface area contributed by atoms with Crippen LogP contribution in [0.15, 0.2) is 35.3 Å². The minimum Gasteiger partial charge on any atom is -0.446 e. The Labute approximate surface area is 128 Å². The molecule has 2 aliphatic rings. The zero-order chi connectivity index (χ0) is 15.5. The summed E-state index contributed by atoms with van der Waals surface area (Å²) in [5.41, 5.74) is 0.801. The fourth-order valence-electron chi connectivity index (χ4n) is 2.58. The standard InChI is InChI=1S/C15H18N4O3/c1-16-14(21)18-7-9-19(10-8-18)15-17-13(20)12(22-15)11-5-3-2-4-6-11/h2-6,12H,7-10H2,1H3,(H,16,21). The summed E-state index contributed by atoms with van der Waals surface area (Å²) in [6.07, 6.45) is -0.659. The van der Waals surface area contributed by atoms with Crippen molar-refractivity contribution in [1.82, 2.24) is 15.1 Å². The van der Waals surface area contributed by atoms with Crippen molar-refractivity contribution in [2.45, 2.75) is 6.10 Å². The highest BCUT2D eigenvalue weighted by molar-refractivity contribution is 5.99. The Bertz CT molecular complexity index is 594. The monoisotopic (exact) mass is 302 g/mol. The molecule has 0 aromatic heterocycles. The minimum atomic E-state index is -0.659. The molecule has 116 valence electrons. The molecule has 2 heterocycles. The van der Waals surface area contributed by atoms with Crippen LogP contribution in [-0.2, 0) is 9.53 Å². The van der Waals surface area contributed by atoms with Crippen LogP contribution in [0.4, 0.5) is 4.79 Å². The molecule has 1 saturated heterocycles. The second kappa shape index (κ2) is 6.05. The van der Waals surface area contributed by atoms with Gasteiger partial charge < -0.3 is 19.9 Å². The highest BCUT2D eigenvalue weighted by atomic mass is 16.5. The molecule has 0 bridgehead atoms. The number of benzene rings is 1. The molecule has 7 nitrogen and oxygen atoms in total. The van der Waals surface area contributed by atoms with Gasteiger partial charge in [-0.15, -0.1) is 0 Å². The fraction of sp³-hybridized carbons (Fsp3) is 0.400. The highest BCUT2D eigenvalue weighted by Gasteiger charge is 2.34. The average Bonchev–Trinajstić information content (AvgIpc) is 2.97. The van der Waals surface area contributed by atoms with Crippen molar-refractivity contribution in [3.63, 3.8) is 0 Å². The van der Waals surface area contributed by atoms with Gasteiger partial charge in [0.1, 0.15) is 0 Å². The maximum absolute atomic E-state index is 12.0. The van der Waals surface area contributed by atoms with Crippen LogP contribution in [0.2, 0.25) is 0 Å². The second-order valence-corrected chi connectivity index (χ2v) is 5.17. The molecule has 2 aliphatic heterocycles. The van der Waals surface area contributed by atoms with E-state index in [1.165, 1.54) is 0 Å². The van der Waals surface area contributed by atoms with Crippen molar-refractivity contribution in [2.24, 2.45) is 4.99 Å². The van der Waals surface area contributed by atoms with E-state index < -0.39 is 6.10 Å². The summed E-state index contributed by atoms with van der Waals surface area (Å²) >= 11 is 0. The summed E-state index contributed by atoms with van der Waals surface area (Å²) in [7, 11) is 1.61. The predicted molar refractivity (Wildman–Crippen MR) is 80.3 cm³/mol. The van der Waals surface area contributed by atoms with E-state index in [4.69, 9.17) is 4.74 Å². The Kier molecular flexibility index (Phi) is 3.95. The van der Waals surface area contributed by atoms with Gasteiger partial charge >= 0.3 is 6.03 Å². The molecule has 7 heteroatoms. The molecule has 22 heavy (non-hydrogen) atoms. The van der Waals surface area contributed by atoms with Crippen molar-refractivity contribution in [3.05, 3.63) is 35.9 Å². The second-order valence-electron chi connectivity index (χ2n) is 5.17. The lowest BCUT2D eigenvalue weighted by atomic mass is 10.1. The van der Waals surface area contributed by atoms with Crippen molar-refractivity contribution < 1.29 is 14.3 Å². The van der Waals surface area contributed by atoms with Gasteiger partial charge in [-0.3, -0.25) is 4.79 Å². The van der Waals surface area contributed by atoms with Gasteiger partial charge in [-0.2, -0.15) is 4.99 Å². The number of aliphatic imine (C=N–C) groups is 1. The van der Waals surface area contributed by atoms with Crippen LogP contribution in [0.25, 0.3) is 0 Å². The van der Waals surface area contributed by atoms with E-state index in [0.717, 1.165) is 5.56 Å². The highest BCUT2D eigenvalue weighted by Crippen LogP contribution is 2.25. The van der Waals surface area contributed by atoms with Crippen molar-refractivity contribution >= 4 is 18.0 Å². The van der Waals surface area contributed by atoms with Crippen LogP contribution in [-0.4, -0.2) is 61.0 Å². The van der Waals surface area contributed by atoms with Gasteiger partial charge in [0.25, 0.3) is 11.9 Å². The topological polar surface area (TPSA) is 74.2 Å². The zero-order valence-corrected chi connectivity index (χ0v) is 12.4. The summed E-state index contributed by atoms with van der Waals surface area (Å²) in [5.74, 6) is -0.282. The normalized spacial score (nSPS) is 21.4. The number of nitrogens with zero attached hydrogens (tertiary/aromatic N) is 3. The Morgan fingerprint density at radius 1 is 1.23 bits per heavy atom. The third kappa shape index (κ3) is 2.74. The van der Waals surface area contributed by atoms with Crippen LogP contribution in [0.1, 0.15) is 11.7 Å². The number of piperazine rings is 1. The average molecular weight is 302 g/mol.